The van der Waals surface area contributed by atoms with E-state index in [1.54, 1.807) is 0 Å². The van der Waals surface area contributed by atoms with Gasteiger partial charge in [-0.15, -0.1) is 0 Å². The molecule has 0 spiro atoms. The third kappa shape index (κ3) is 25.2. The fourth-order valence-electron chi connectivity index (χ4n) is 4.87. The number of nitrogens with one attached hydrogen (secondary N) is 8. The Morgan fingerprint density at radius 3 is 1.62 bits per heavy atom. The fraction of sp³-hybridized carbons (Fsp3) is 0.697. The van der Waals surface area contributed by atoms with E-state index in [2.05, 4.69) is 44.5 Å². The Bertz CT molecular complexity index is 1450. The molecule has 19 N–H and O–H groups in total. The second-order valence-corrected chi connectivity index (χ2v) is 13.3. The first kappa shape index (κ1) is 54.6. The van der Waals surface area contributed by atoms with Crippen molar-refractivity contribution in [1.29, 1.82) is 5.41 Å². The van der Waals surface area contributed by atoms with E-state index in [9.17, 15) is 53.4 Å². The van der Waals surface area contributed by atoms with Crippen LogP contribution in [0.15, 0.2) is 0 Å². The molecule has 0 aliphatic carbocycles. The van der Waals surface area contributed by atoms with Gasteiger partial charge in [-0.2, -0.15) is 12.6 Å². The molecule has 0 aliphatic rings. The third-order valence-electron chi connectivity index (χ3n) is 7.98. The number of carboxylic acid groups (broad SMARTS) is 3. The smallest absolute Gasteiger partial charge is 0.327 e. The molecule has 0 radical (unpaired) electrons. The average molecular weight is 881 g/mol. The number of carboxylic acids is 3. The summed E-state index contributed by atoms with van der Waals surface area (Å²) in [5.74, 6) is -11.0. The monoisotopic (exact) mass is 880 g/mol. The molecular formula is C33H60N12O14S. The number of thiol groups is 1. The minimum absolute atomic E-state index is 0.0284. The number of guanidine groups is 1. The summed E-state index contributed by atoms with van der Waals surface area (Å²) in [6, 6.07) is -9.31. The quantitative estimate of drug-likeness (QED) is 0.0124. The molecule has 6 atom stereocenters. The zero-order chi connectivity index (χ0) is 45.6. The van der Waals surface area contributed by atoms with Gasteiger partial charge in [0.15, 0.2) is 5.96 Å². The molecule has 26 nitrogen and oxygen atoms in total. The van der Waals surface area contributed by atoms with Crippen molar-refractivity contribution in [2.75, 3.05) is 58.4 Å². The number of rotatable bonds is 34. The molecule has 60 heavy (non-hydrogen) atoms. The van der Waals surface area contributed by atoms with Crippen molar-refractivity contribution in [1.82, 2.24) is 37.2 Å². The van der Waals surface area contributed by atoms with Crippen molar-refractivity contribution in [2.24, 2.45) is 22.9 Å². The largest absolute Gasteiger partial charge is 0.481 e. The molecule has 0 saturated carbocycles. The molecule has 6 amide bonds. The van der Waals surface area contributed by atoms with E-state index in [0.29, 0.717) is 19.6 Å². The van der Waals surface area contributed by atoms with E-state index in [1.165, 1.54) is 0 Å². The lowest BCUT2D eigenvalue weighted by Crippen LogP contribution is -2.59. The van der Waals surface area contributed by atoms with Gasteiger partial charge in [0.25, 0.3) is 0 Å². The predicted octanol–water partition coefficient (Wildman–Crippen LogP) is -6.41. The molecule has 0 fully saturated rings. The number of nitrogens with two attached hydrogens (primary N) is 4. The van der Waals surface area contributed by atoms with Crippen LogP contribution < -0.4 is 60.2 Å². The summed E-state index contributed by atoms with van der Waals surface area (Å²) in [4.78, 5) is 113. The second-order valence-electron chi connectivity index (χ2n) is 13.0. The van der Waals surface area contributed by atoms with Crippen LogP contribution >= 0.6 is 12.6 Å². The van der Waals surface area contributed by atoms with Crippen molar-refractivity contribution in [3.63, 3.8) is 0 Å². The Morgan fingerprint density at radius 1 is 0.600 bits per heavy atom. The van der Waals surface area contributed by atoms with Gasteiger partial charge in [0.05, 0.1) is 39.3 Å². The Hall–Kier alpha value is -5.35. The van der Waals surface area contributed by atoms with Crippen molar-refractivity contribution >= 4 is 71.9 Å². The van der Waals surface area contributed by atoms with Gasteiger partial charge in [0, 0.05) is 31.8 Å². The van der Waals surface area contributed by atoms with Crippen LogP contribution in [0.2, 0.25) is 0 Å². The topological polar surface area (TPSA) is 445 Å². The highest BCUT2D eigenvalue weighted by molar-refractivity contribution is 7.80. The van der Waals surface area contributed by atoms with E-state index in [4.69, 9.17) is 42.9 Å². The first-order valence-electron chi connectivity index (χ1n) is 18.8. The van der Waals surface area contributed by atoms with Crippen molar-refractivity contribution in [3.8, 4) is 0 Å². The normalized spacial score (nSPS) is 13.8. The summed E-state index contributed by atoms with van der Waals surface area (Å²) in [7, 11) is 0. The molecule has 0 bridgehead atoms. The minimum Gasteiger partial charge on any atom is -0.481 e. The second kappa shape index (κ2) is 31.6. The maximum Gasteiger partial charge on any atom is 0.327 e. The molecule has 0 heterocycles. The molecule has 0 saturated heterocycles. The first-order valence-corrected chi connectivity index (χ1v) is 19.4. The van der Waals surface area contributed by atoms with Gasteiger partial charge >= 0.3 is 17.9 Å². The van der Waals surface area contributed by atoms with Gasteiger partial charge in [-0.25, -0.2) is 4.79 Å². The molecule has 0 aromatic heterocycles. The SMILES string of the molecule is N=C(N)NCCCC(NC(=O)CCOCCOCCN)C(=O)N[C@@H](CC(=O)O)C(=O)NC(CCCCN)C(=O)NC[C@H](N)C(=O)N[C@@H](CC(=O)O)C(=O)N[C@@H](CS)C(=O)O. The standard InChI is InChI=1S/C33H60N12O14S/c34-7-2-1-4-19(28(52)40-16-18(36)27(51)43-21(14-25(47)48)31(55)45-23(17-60)32(56)57)42-30(54)22(15-26(49)50)44-29(53)20(5-3-9-39-33(37)38)41-24(46)6-10-58-12-13-59-11-8-35/h18-23,60H,1-17,34-36H2,(H,40,52)(H,41,46)(H,42,54)(H,43,51)(H,44,53)(H,45,55)(H,47,48)(H,49,50)(H,56,57)(H4,37,38,39)/t18-,19?,20?,21-,22-,23-/m0/s1. The number of aliphatic carboxylic acids is 3. The van der Waals surface area contributed by atoms with Gasteiger partial charge in [0.2, 0.25) is 35.4 Å². The molecule has 342 valence electrons. The number of amides is 6. The van der Waals surface area contributed by atoms with Crippen molar-refractivity contribution in [2.45, 2.75) is 87.6 Å². The van der Waals surface area contributed by atoms with Gasteiger partial charge < -0.3 is 84.9 Å². The number of carbonyl (C=O) groups is 9. The van der Waals surface area contributed by atoms with Crippen molar-refractivity contribution < 1.29 is 67.9 Å². The minimum atomic E-state index is -1.76. The summed E-state index contributed by atoms with van der Waals surface area (Å²) in [6.45, 7) is 0.776. The van der Waals surface area contributed by atoms with E-state index in [1.807, 2.05) is 5.32 Å². The number of carbonyl (C=O) groups excluding carboxylic acids is 6. The Labute approximate surface area is 351 Å². The van der Waals surface area contributed by atoms with E-state index in [0.717, 1.165) is 0 Å². The first-order chi connectivity index (χ1) is 28.4. The molecule has 0 aromatic rings. The average Bonchev–Trinajstić information content (AvgIpc) is 3.17. The molecule has 0 aromatic carbocycles. The summed E-state index contributed by atoms with van der Waals surface area (Å²) >= 11 is 3.81. The number of unbranched alkanes of at least 4 members (excludes halogenated alkanes) is 1. The third-order valence-corrected chi connectivity index (χ3v) is 8.34. The fourth-order valence-corrected chi connectivity index (χ4v) is 5.12. The molecule has 0 rings (SSSR count). The Balaban J connectivity index is 5.88. The highest BCUT2D eigenvalue weighted by Crippen LogP contribution is 2.06. The maximum atomic E-state index is 13.5. The summed E-state index contributed by atoms with van der Waals surface area (Å²) < 4.78 is 10.5. The summed E-state index contributed by atoms with van der Waals surface area (Å²) in [5, 5.41) is 51.5. The summed E-state index contributed by atoms with van der Waals surface area (Å²) in [5.41, 5.74) is 22.1. The number of hydrogen-bond acceptors (Lipinski definition) is 16. The lowest BCUT2D eigenvalue weighted by molar-refractivity contribution is -0.143. The lowest BCUT2D eigenvalue weighted by atomic mass is 10.1. The van der Waals surface area contributed by atoms with Gasteiger partial charge in [-0.1, -0.05) is 0 Å². The van der Waals surface area contributed by atoms with E-state index < -0.39 is 109 Å². The van der Waals surface area contributed by atoms with E-state index >= 15 is 0 Å². The highest BCUT2D eigenvalue weighted by atomic mass is 32.1. The number of hydrogen-bond donors (Lipinski definition) is 16. The maximum absolute atomic E-state index is 13.5. The van der Waals surface area contributed by atoms with Crippen LogP contribution in [-0.4, -0.2) is 169 Å². The summed E-state index contributed by atoms with van der Waals surface area (Å²) in [6.07, 6.45) is -1.29. The Morgan fingerprint density at radius 2 is 1.10 bits per heavy atom. The van der Waals surface area contributed by atoms with Gasteiger partial charge in [-0.3, -0.25) is 43.8 Å². The van der Waals surface area contributed by atoms with E-state index in [-0.39, 0.29) is 76.7 Å². The van der Waals surface area contributed by atoms with Gasteiger partial charge in [0.1, 0.15) is 36.3 Å². The van der Waals surface area contributed by atoms with Crippen LogP contribution in [-0.2, 0) is 52.6 Å². The zero-order valence-electron chi connectivity index (χ0n) is 33.1. The van der Waals surface area contributed by atoms with Crippen LogP contribution in [0.4, 0.5) is 0 Å². The van der Waals surface area contributed by atoms with Crippen LogP contribution in [0.1, 0.15) is 51.4 Å². The van der Waals surface area contributed by atoms with Gasteiger partial charge in [-0.05, 0) is 38.6 Å². The van der Waals surface area contributed by atoms with Crippen LogP contribution in [0.25, 0.3) is 0 Å². The highest BCUT2D eigenvalue weighted by Gasteiger charge is 2.32. The molecule has 2 unspecified atom stereocenters. The predicted molar refractivity (Wildman–Crippen MR) is 214 cm³/mol. The van der Waals surface area contributed by atoms with Crippen molar-refractivity contribution in [3.05, 3.63) is 0 Å². The Kier molecular flexibility index (Phi) is 28.7. The molecule has 0 aliphatic heterocycles. The van der Waals surface area contributed by atoms with Crippen LogP contribution in [0.3, 0.4) is 0 Å². The zero-order valence-corrected chi connectivity index (χ0v) is 34.0. The van der Waals surface area contributed by atoms with Crippen LogP contribution in [0.5, 0.6) is 0 Å². The molecule has 27 heteroatoms. The number of ether oxygens (including phenoxy) is 2. The van der Waals surface area contributed by atoms with Crippen LogP contribution in [0, 0.1) is 5.41 Å². The lowest BCUT2D eigenvalue weighted by Gasteiger charge is -2.25. The molecular weight excluding hydrogens is 820 g/mol.